The highest BCUT2D eigenvalue weighted by molar-refractivity contribution is 5.69. The van der Waals surface area contributed by atoms with E-state index < -0.39 is 6.10 Å². The summed E-state index contributed by atoms with van der Waals surface area (Å²) in [5, 5.41) is 29.0. The summed E-state index contributed by atoms with van der Waals surface area (Å²) in [6.45, 7) is 2.13. The van der Waals surface area contributed by atoms with Crippen LogP contribution in [0.1, 0.15) is 49.8 Å². The minimum atomic E-state index is -0.580. The highest BCUT2D eigenvalue weighted by Gasteiger charge is 2.14. The molecule has 22 heavy (non-hydrogen) atoms. The van der Waals surface area contributed by atoms with Crippen LogP contribution in [0.3, 0.4) is 0 Å². The quantitative estimate of drug-likeness (QED) is 0.769. The Morgan fingerprint density at radius 1 is 1.09 bits per heavy atom. The molecule has 0 aliphatic heterocycles. The zero-order valence-electron chi connectivity index (χ0n) is 12.8. The molecule has 2 rings (SSSR count). The van der Waals surface area contributed by atoms with Crippen LogP contribution in [-0.4, -0.2) is 10.2 Å². The van der Waals surface area contributed by atoms with Crippen molar-refractivity contribution >= 4 is 0 Å². The summed E-state index contributed by atoms with van der Waals surface area (Å²) in [7, 11) is 0. The Hall–Kier alpha value is -2.31. The standard InChI is InChI=1S/C19H21NO2/c1-2-3-4-5-19(22)18-12-14(13-20)6-11-17(18)15-7-9-16(21)10-8-15/h6-12,19,21-22H,2-5H2,1H3. The molecule has 2 aromatic carbocycles. The van der Waals surface area contributed by atoms with Crippen LogP contribution < -0.4 is 0 Å². The first kappa shape index (κ1) is 16.1. The second-order valence-corrected chi connectivity index (χ2v) is 5.47. The van der Waals surface area contributed by atoms with Gasteiger partial charge in [0.2, 0.25) is 0 Å². The van der Waals surface area contributed by atoms with E-state index in [0.29, 0.717) is 12.0 Å². The van der Waals surface area contributed by atoms with E-state index in [1.165, 1.54) is 0 Å². The molecule has 2 N–H and O–H groups in total. The van der Waals surface area contributed by atoms with Gasteiger partial charge in [0.1, 0.15) is 5.75 Å². The SMILES string of the molecule is CCCCCC(O)c1cc(C#N)ccc1-c1ccc(O)cc1. The zero-order chi connectivity index (χ0) is 15.9. The first-order chi connectivity index (χ1) is 10.7. The second-order valence-electron chi connectivity index (χ2n) is 5.47. The molecule has 3 heteroatoms. The molecule has 0 fully saturated rings. The van der Waals surface area contributed by atoms with Crippen molar-refractivity contribution in [3.05, 3.63) is 53.6 Å². The maximum atomic E-state index is 10.5. The predicted molar refractivity (Wildman–Crippen MR) is 87.4 cm³/mol. The number of rotatable bonds is 6. The van der Waals surface area contributed by atoms with Gasteiger partial charge in [0.15, 0.2) is 0 Å². The van der Waals surface area contributed by atoms with Gasteiger partial charge in [0.25, 0.3) is 0 Å². The monoisotopic (exact) mass is 295 g/mol. The minimum absolute atomic E-state index is 0.211. The Morgan fingerprint density at radius 3 is 2.45 bits per heavy atom. The van der Waals surface area contributed by atoms with Crippen molar-refractivity contribution in [2.45, 2.75) is 38.7 Å². The lowest BCUT2D eigenvalue weighted by Crippen LogP contribution is -2.01. The molecule has 0 aliphatic rings. The molecular formula is C19H21NO2. The van der Waals surface area contributed by atoms with Gasteiger partial charge in [-0.15, -0.1) is 0 Å². The summed E-state index contributed by atoms with van der Waals surface area (Å²) >= 11 is 0. The molecule has 0 saturated heterocycles. The van der Waals surface area contributed by atoms with Gasteiger partial charge in [0, 0.05) is 0 Å². The smallest absolute Gasteiger partial charge is 0.115 e. The van der Waals surface area contributed by atoms with Crippen molar-refractivity contribution in [1.29, 1.82) is 5.26 Å². The largest absolute Gasteiger partial charge is 0.508 e. The number of unbranched alkanes of at least 4 members (excludes halogenated alkanes) is 2. The molecule has 3 nitrogen and oxygen atoms in total. The van der Waals surface area contributed by atoms with Crippen LogP contribution in [0.25, 0.3) is 11.1 Å². The zero-order valence-corrected chi connectivity index (χ0v) is 12.8. The fourth-order valence-electron chi connectivity index (χ4n) is 2.56. The van der Waals surface area contributed by atoms with Crippen LogP contribution in [0.2, 0.25) is 0 Å². The van der Waals surface area contributed by atoms with E-state index in [1.54, 1.807) is 24.3 Å². The Kier molecular flexibility index (Phi) is 5.57. The van der Waals surface area contributed by atoms with Gasteiger partial charge in [0.05, 0.1) is 17.7 Å². The summed E-state index contributed by atoms with van der Waals surface area (Å²) in [6.07, 6.45) is 3.26. The number of hydrogen-bond acceptors (Lipinski definition) is 3. The number of phenols is 1. The number of aliphatic hydroxyl groups excluding tert-OH is 1. The van der Waals surface area contributed by atoms with Gasteiger partial charge in [-0.25, -0.2) is 0 Å². The van der Waals surface area contributed by atoms with E-state index in [0.717, 1.165) is 36.0 Å². The van der Waals surface area contributed by atoms with Crippen molar-refractivity contribution in [2.75, 3.05) is 0 Å². The number of hydrogen-bond donors (Lipinski definition) is 2. The van der Waals surface area contributed by atoms with Crippen LogP contribution in [-0.2, 0) is 0 Å². The lowest BCUT2D eigenvalue weighted by Gasteiger charge is -2.16. The number of phenolic OH excluding ortho intramolecular Hbond substituents is 1. The minimum Gasteiger partial charge on any atom is -0.508 e. The van der Waals surface area contributed by atoms with Crippen LogP contribution in [0.15, 0.2) is 42.5 Å². The molecule has 0 saturated carbocycles. The van der Waals surface area contributed by atoms with Gasteiger partial charge in [-0.2, -0.15) is 5.26 Å². The van der Waals surface area contributed by atoms with Gasteiger partial charge in [-0.1, -0.05) is 44.4 Å². The molecule has 0 amide bonds. The maximum absolute atomic E-state index is 10.5. The lowest BCUT2D eigenvalue weighted by molar-refractivity contribution is 0.164. The number of benzene rings is 2. The topological polar surface area (TPSA) is 64.2 Å². The summed E-state index contributed by atoms with van der Waals surface area (Å²) in [6, 6.07) is 14.4. The number of aromatic hydroxyl groups is 1. The summed E-state index contributed by atoms with van der Waals surface area (Å²) in [5.41, 5.74) is 3.16. The first-order valence-electron chi connectivity index (χ1n) is 7.67. The van der Waals surface area contributed by atoms with Crippen molar-refractivity contribution in [1.82, 2.24) is 0 Å². The average molecular weight is 295 g/mol. The van der Waals surface area contributed by atoms with Crippen molar-refractivity contribution in [3.8, 4) is 22.9 Å². The summed E-state index contributed by atoms with van der Waals surface area (Å²) in [5.74, 6) is 0.211. The Morgan fingerprint density at radius 2 is 1.82 bits per heavy atom. The van der Waals surface area contributed by atoms with Crippen molar-refractivity contribution in [3.63, 3.8) is 0 Å². The van der Waals surface area contributed by atoms with Crippen molar-refractivity contribution in [2.24, 2.45) is 0 Å². The molecule has 0 heterocycles. The Balaban J connectivity index is 2.36. The first-order valence-corrected chi connectivity index (χ1v) is 7.67. The van der Waals surface area contributed by atoms with Gasteiger partial charge in [-0.3, -0.25) is 0 Å². The molecule has 0 bridgehead atoms. The van der Waals surface area contributed by atoms with E-state index >= 15 is 0 Å². The van der Waals surface area contributed by atoms with E-state index in [-0.39, 0.29) is 5.75 Å². The summed E-state index contributed by atoms with van der Waals surface area (Å²) < 4.78 is 0. The molecule has 0 radical (unpaired) electrons. The maximum Gasteiger partial charge on any atom is 0.115 e. The van der Waals surface area contributed by atoms with Gasteiger partial charge >= 0.3 is 0 Å². The Bertz CT molecular complexity index is 656. The lowest BCUT2D eigenvalue weighted by atomic mass is 9.92. The molecule has 0 aromatic heterocycles. The molecular weight excluding hydrogens is 274 g/mol. The van der Waals surface area contributed by atoms with Crippen LogP contribution >= 0.6 is 0 Å². The highest BCUT2D eigenvalue weighted by Crippen LogP contribution is 2.32. The molecule has 0 spiro atoms. The normalized spacial score (nSPS) is 11.9. The van der Waals surface area contributed by atoms with Crippen LogP contribution in [0.5, 0.6) is 5.75 Å². The number of nitrogens with zero attached hydrogens (tertiary/aromatic N) is 1. The number of aliphatic hydroxyl groups is 1. The molecule has 0 aliphatic carbocycles. The summed E-state index contributed by atoms with van der Waals surface area (Å²) in [4.78, 5) is 0. The van der Waals surface area contributed by atoms with Crippen LogP contribution in [0, 0.1) is 11.3 Å². The third-order valence-corrected chi connectivity index (χ3v) is 3.80. The third kappa shape index (κ3) is 3.87. The van der Waals surface area contributed by atoms with E-state index in [1.807, 2.05) is 18.2 Å². The molecule has 1 unspecified atom stereocenters. The van der Waals surface area contributed by atoms with E-state index in [4.69, 9.17) is 5.26 Å². The predicted octanol–water partition coefficient (Wildman–Crippen LogP) is 4.54. The van der Waals surface area contributed by atoms with Crippen molar-refractivity contribution < 1.29 is 10.2 Å². The van der Waals surface area contributed by atoms with Gasteiger partial charge in [-0.05, 0) is 47.4 Å². The third-order valence-electron chi connectivity index (χ3n) is 3.80. The fraction of sp³-hybridized carbons (Fsp3) is 0.316. The molecule has 1 atom stereocenters. The Labute approximate surface area is 131 Å². The van der Waals surface area contributed by atoms with Gasteiger partial charge < -0.3 is 10.2 Å². The second kappa shape index (κ2) is 7.63. The average Bonchev–Trinajstić information content (AvgIpc) is 2.55. The highest BCUT2D eigenvalue weighted by atomic mass is 16.3. The van der Waals surface area contributed by atoms with E-state index in [2.05, 4.69) is 13.0 Å². The number of nitriles is 1. The fourth-order valence-corrected chi connectivity index (χ4v) is 2.56. The van der Waals surface area contributed by atoms with E-state index in [9.17, 15) is 10.2 Å². The molecule has 2 aromatic rings. The molecule has 114 valence electrons. The van der Waals surface area contributed by atoms with Crippen LogP contribution in [0.4, 0.5) is 0 Å².